The fraction of sp³-hybridized carbons (Fsp3) is 0.810. The predicted molar refractivity (Wildman–Crippen MR) is 105 cm³/mol. The summed E-state index contributed by atoms with van der Waals surface area (Å²) in [5.74, 6) is 0.784. The van der Waals surface area contributed by atoms with E-state index in [4.69, 9.17) is 9.73 Å². The van der Waals surface area contributed by atoms with Crippen molar-refractivity contribution in [2.75, 3.05) is 7.11 Å². The molecule has 3 heterocycles. The number of ether oxygens (including phenoxy) is 1. The van der Waals surface area contributed by atoms with Gasteiger partial charge in [-0.1, -0.05) is 51.9 Å². The number of guanidine groups is 1. The predicted octanol–water partition coefficient (Wildman–Crippen LogP) is 4.14. The highest BCUT2D eigenvalue weighted by atomic mass is 16.5. The Morgan fingerprint density at radius 3 is 2.65 bits per heavy atom. The van der Waals surface area contributed by atoms with E-state index in [9.17, 15) is 4.79 Å². The summed E-state index contributed by atoms with van der Waals surface area (Å²) in [6, 6.07) is 1.09. The third kappa shape index (κ3) is 4.07. The van der Waals surface area contributed by atoms with E-state index in [0.29, 0.717) is 12.1 Å². The van der Waals surface area contributed by atoms with E-state index < -0.39 is 0 Å². The van der Waals surface area contributed by atoms with E-state index in [1.165, 1.54) is 58.5 Å². The number of esters is 1. The second kappa shape index (κ2) is 8.92. The maximum Gasteiger partial charge on any atom is 0.337 e. The number of allylic oxidation sites excluding steroid dienone is 1. The van der Waals surface area contributed by atoms with Crippen LogP contribution in [0.1, 0.15) is 84.5 Å². The first-order chi connectivity index (χ1) is 12.7. The molecule has 0 aliphatic carbocycles. The van der Waals surface area contributed by atoms with Crippen molar-refractivity contribution in [2.24, 2.45) is 4.99 Å². The fourth-order valence-electron chi connectivity index (χ4n) is 4.83. The molecular formula is C21H35N3O2. The zero-order chi connectivity index (χ0) is 18.5. The molecular weight excluding hydrogens is 326 g/mol. The number of unbranched alkanes of at least 4 members (excludes halogenated alkanes) is 6. The highest BCUT2D eigenvalue weighted by Gasteiger charge is 2.46. The van der Waals surface area contributed by atoms with Gasteiger partial charge < -0.3 is 15.0 Å². The molecule has 5 heteroatoms. The summed E-state index contributed by atoms with van der Waals surface area (Å²) >= 11 is 0. The first kappa shape index (κ1) is 19.2. The van der Waals surface area contributed by atoms with Crippen LogP contribution in [-0.2, 0) is 9.53 Å². The molecule has 3 aliphatic heterocycles. The lowest BCUT2D eigenvalue weighted by Gasteiger charge is -2.42. The van der Waals surface area contributed by atoms with Crippen LogP contribution in [0.15, 0.2) is 16.3 Å². The molecule has 3 rings (SSSR count). The number of hydrogen-bond acceptors (Lipinski definition) is 5. The Bertz CT molecular complexity index is 570. The normalized spacial score (nSPS) is 27.1. The van der Waals surface area contributed by atoms with E-state index in [1.54, 1.807) is 0 Å². The highest BCUT2D eigenvalue weighted by molar-refractivity contribution is 5.96. The molecule has 5 nitrogen and oxygen atoms in total. The SMILES string of the molecule is CCCCCCCCC[C@H]1C[C@H]2CC[C@H]3C(C(=O)OC)=C(C)NC(=N1)N23. The third-order valence-electron chi connectivity index (χ3n) is 6.18. The van der Waals surface area contributed by atoms with Crippen molar-refractivity contribution in [1.82, 2.24) is 10.2 Å². The van der Waals surface area contributed by atoms with Gasteiger partial charge in [-0.15, -0.1) is 0 Å². The molecule has 3 atom stereocenters. The average Bonchev–Trinajstić information content (AvgIpc) is 3.05. The van der Waals surface area contributed by atoms with E-state index >= 15 is 0 Å². The van der Waals surface area contributed by atoms with Crippen LogP contribution in [0.2, 0.25) is 0 Å². The van der Waals surface area contributed by atoms with Crippen LogP contribution >= 0.6 is 0 Å². The van der Waals surface area contributed by atoms with Gasteiger partial charge >= 0.3 is 5.97 Å². The van der Waals surface area contributed by atoms with Crippen molar-refractivity contribution in [2.45, 2.75) is 103 Å². The molecule has 146 valence electrons. The maximum atomic E-state index is 12.2. The van der Waals surface area contributed by atoms with E-state index in [1.807, 2.05) is 6.92 Å². The summed E-state index contributed by atoms with van der Waals surface area (Å²) in [5, 5.41) is 3.39. The highest BCUT2D eigenvalue weighted by Crippen LogP contribution is 2.38. The molecule has 26 heavy (non-hydrogen) atoms. The molecule has 0 aromatic rings. The number of hydrogen-bond donors (Lipinski definition) is 1. The Hall–Kier alpha value is -1.52. The van der Waals surface area contributed by atoms with Crippen LogP contribution < -0.4 is 5.32 Å². The number of aliphatic imine (C=N–C) groups is 1. The number of methoxy groups -OCH3 is 1. The van der Waals surface area contributed by atoms with Gasteiger partial charge in [-0.05, 0) is 32.6 Å². The van der Waals surface area contributed by atoms with Gasteiger partial charge in [-0.25, -0.2) is 9.79 Å². The minimum atomic E-state index is -0.204. The number of carbonyl (C=O) groups excluding carboxylic acids is 1. The maximum absolute atomic E-state index is 12.2. The molecule has 1 saturated heterocycles. The molecule has 0 spiro atoms. The topological polar surface area (TPSA) is 53.9 Å². The third-order valence-corrected chi connectivity index (χ3v) is 6.18. The van der Waals surface area contributed by atoms with Crippen molar-refractivity contribution in [3.05, 3.63) is 11.3 Å². The lowest BCUT2D eigenvalue weighted by molar-refractivity contribution is -0.136. The van der Waals surface area contributed by atoms with Gasteiger partial charge in [0.2, 0.25) is 0 Å². The Kier molecular flexibility index (Phi) is 6.60. The van der Waals surface area contributed by atoms with Crippen LogP contribution in [0.3, 0.4) is 0 Å². The minimum absolute atomic E-state index is 0.145. The van der Waals surface area contributed by atoms with Crippen LogP contribution in [0.4, 0.5) is 0 Å². The lowest BCUT2D eigenvalue weighted by Crippen LogP contribution is -2.56. The van der Waals surface area contributed by atoms with Crippen molar-refractivity contribution < 1.29 is 9.53 Å². The number of carbonyl (C=O) groups is 1. The van der Waals surface area contributed by atoms with Gasteiger partial charge in [-0.3, -0.25) is 0 Å². The van der Waals surface area contributed by atoms with E-state index in [2.05, 4.69) is 17.1 Å². The van der Waals surface area contributed by atoms with Gasteiger partial charge in [0.15, 0.2) is 5.96 Å². The van der Waals surface area contributed by atoms with Crippen LogP contribution in [0, 0.1) is 0 Å². The summed E-state index contributed by atoms with van der Waals surface area (Å²) in [7, 11) is 1.47. The average molecular weight is 362 g/mol. The smallest absolute Gasteiger partial charge is 0.337 e. The Labute approximate surface area is 158 Å². The standard InChI is InChI=1S/C21H35N3O2/c1-4-5-6-7-8-9-10-11-16-14-17-12-13-18-19(20(25)26-3)15(2)22-21(23-16)24(17)18/h16-18H,4-14H2,1-3H3,(H,22,23)/t16-,17+,18-/m0/s1. The summed E-state index contributed by atoms with van der Waals surface area (Å²) < 4.78 is 5.01. The van der Waals surface area contributed by atoms with Gasteiger partial charge in [-0.2, -0.15) is 0 Å². The summed E-state index contributed by atoms with van der Waals surface area (Å²) in [6.45, 7) is 4.24. The Morgan fingerprint density at radius 1 is 1.19 bits per heavy atom. The molecule has 1 fully saturated rings. The largest absolute Gasteiger partial charge is 0.466 e. The van der Waals surface area contributed by atoms with Crippen molar-refractivity contribution in [3.8, 4) is 0 Å². The molecule has 0 unspecified atom stereocenters. The van der Waals surface area contributed by atoms with Gasteiger partial charge in [0.05, 0.1) is 24.8 Å². The molecule has 1 N–H and O–H groups in total. The molecule has 0 aromatic carbocycles. The second-order valence-corrected chi connectivity index (χ2v) is 8.06. The summed E-state index contributed by atoms with van der Waals surface area (Å²) in [4.78, 5) is 19.5. The first-order valence-electron chi connectivity index (χ1n) is 10.6. The Balaban J connectivity index is 1.56. The zero-order valence-corrected chi connectivity index (χ0v) is 16.7. The number of nitrogens with zero attached hydrogens (tertiary/aromatic N) is 2. The second-order valence-electron chi connectivity index (χ2n) is 8.06. The van der Waals surface area contributed by atoms with Gasteiger partial charge in [0.25, 0.3) is 0 Å². The molecule has 0 bridgehead atoms. The van der Waals surface area contributed by atoms with Crippen molar-refractivity contribution in [3.63, 3.8) is 0 Å². The lowest BCUT2D eigenvalue weighted by atomic mass is 9.97. The quantitative estimate of drug-likeness (QED) is 0.495. The van der Waals surface area contributed by atoms with Crippen LogP contribution in [0.25, 0.3) is 0 Å². The number of nitrogens with one attached hydrogen (secondary N) is 1. The molecule has 0 aromatic heterocycles. The van der Waals surface area contributed by atoms with Gasteiger partial charge in [0.1, 0.15) is 0 Å². The minimum Gasteiger partial charge on any atom is -0.466 e. The van der Waals surface area contributed by atoms with Crippen molar-refractivity contribution in [1.29, 1.82) is 0 Å². The molecule has 3 aliphatic rings. The van der Waals surface area contributed by atoms with Crippen LogP contribution in [-0.4, -0.2) is 42.1 Å². The van der Waals surface area contributed by atoms with Crippen molar-refractivity contribution >= 4 is 11.9 Å². The summed E-state index contributed by atoms with van der Waals surface area (Å²) in [6.07, 6.45) is 13.9. The van der Waals surface area contributed by atoms with Crippen LogP contribution in [0.5, 0.6) is 0 Å². The fourth-order valence-corrected chi connectivity index (χ4v) is 4.83. The van der Waals surface area contributed by atoms with Gasteiger partial charge in [0, 0.05) is 11.7 Å². The molecule has 0 amide bonds. The summed E-state index contributed by atoms with van der Waals surface area (Å²) in [5.41, 5.74) is 1.70. The van der Waals surface area contributed by atoms with E-state index in [-0.39, 0.29) is 12.0 Å². The molecule has 0 radical (unpaired) electrons. The zero-order valence-electron chi connectivity index (χ0n) is 16.7. The first-order valence-corrected chi connectivity index (χ1v) is 10.6. The number of rotatable bonds is 9. The monoisotopic (exact) mass is 361 g/mol. The van der Waals surface area contributed by atoms with E-state index in [0.717, 1.165) is 36.5 Å². The Morgan fingerprint density at radius 2 is 1.92 bits per heavy atom. The molecule has 0 saturated carbocycles.